The lowest BCUT2D eigenvalue weighted by Gasteiger charge is -2.08. The highest BCUT2D eigenvalue weighted by atomic mass is 79.9. The Morgan fingerprint density at radius 3 is 2.57 bits per heavy atom. The molecule has 6 nitrogen and oxygen atoms in total. The van der Waals surface area contributed by atoms with Crippen LogP contribution in [-0.4, -0.2) is 18.2 Å². The molecule has 0 fully saturated rings. The van der Waals surface area contributed by atoms with E-state index in [1.807, 2.05) is 0 Å². The number of carbonyl (C=O) groups is 2. The molecular formula is C15H11BrClN3O3. The molecule has 0 aliphatic rings. The first-order valence-corrected chi connectivity index (χ1v) is 7.48. The summed E-state index contributed by atoms with van der Waals surface area (Å²) in [7, 11) is 0. The highest BCUT2D eigenvalue weighted by Crippen LogP contribution is 2.23. The summed E-state index contributed by atoms with van der Waals surface area (Å²) >= 11 is 9.09. The Balaban J connectivity index is 2.21. The van der Waals surface area contributed by atoms with Crippen molar-refractivity contribution in [2.24, 2.45) is 10.8 Å². The molecule has 2 aromatic carbocycles. The Labute approximate surface area is 145 Å². The number of nitrogens with zero attached hydrogens (tertiary/aromatic N) is 1. The van der Waals surface area contributed by atoms with Gasteiger partial charge < -0.3 is 10.5 Å². The minimum absolute atomic E-state index is 0.281. The van der Waals surface area contributed by atoms with Crippen LogP contribution in [0.5, 0.6) is 5.75 Å². The summed E-state index contributed by atoms with van der Waals surface area (Å²) in [4.78, 5) is 22.8. The van der Waals surface area contributed by atoms with Crippen molar-refractivity contribution in [3.63, 3.8) is 0 Å². The number of amides is 2. The number of nitrogens with two attached hydrogens (primary N) is 1. The Morgan fingerprint density at radius 2 is 1.91 bits per heavy atom. The van der Waals surface area contributed by atoms with Crippen molar-refractivity contribution in [2.45, 2.75) is 0 Å². The van der Waals surface area contributed by atoms with Gasteiger partial charge in [0, 0.05) is 15.1 Å². The molecule has 0 radical (unpaired) electrons. The van der Waals surface area contributed by atoms with E-state index in [1.54, 1.807) is 42.5 Å². The predicted octanol–water partition coefficient (Wildman–Crippen LogP) is 3.32. The predicted molar refractivity (Wildman–Crippen MR) is 90.9 cm³/mol. The minimum Gasteiger partial charge on any atom is -0.422 e. The van der Waals surface area contributed by atoms with E-state index in [4.69, 9.17) is 22.1 Å². The summed E-state index contributed by atoms with van der Waals surface area (Å²) < 4.78 is 6.10. The Bertz CT molecular complexity index is 763. The fourth-order valence-electron chi connectivity index (χ4n) is 1.62. The largest absolute Gasteiger partial charge is 0.422 e. The second-order valence-corrected chi connectivity index (χ2v) is 5.66. The quantitative estimate of drug-likeness (QED) is 0.359. The van der Waals surface area contributed by atoms with Crippen LogP contribution in [0.1, 0.15) is 15.9 Å². The van der Waals surface area contributed by atoms with Crippen LogP contribution in [0.15, 0.2) is 52.0 Å². The van der Waals surface area contributed by atoms with Gasteiger partial charge in [0.25, 0.3) is 0 Å². The summed E-state index contributed by atoms with van der Waals surface area (Å²) in [6, 6.07) is 10.5. The van der Waals surface area contributed by atoms with Gasteiger partial charge in [-0.2, -0.15) is 5.10 Å². The van der Waals surface area contributed by atoms with Crippen LogP contribution < -0.4 is 15.9 Å². The van der Waals surface area contributed by atoms with Crippen LogP contribution in [0.3, 0.4) is 0 Å². The van der Waals surface area contributed by atoms with Crippen molar-refractivity contribution in [1.82, 2.24) is 5.43 Å². The van der Waals surface area contributed by atoms with Crippen molar-refractivity contribution in [3.8, 4) is 5.75 Å². The average molecular weight is 397 g/mol. The van der Waals surface area contributed by atoms with Gasteiger partial charge in [-0.1, -0.05) is 27.5 Å². The molecule has 2 aromatic rings. The van der Waals surface area contributed by atoms with Crippen LogP contribution in [0.4, 0.5) is 4.79 Å². The number of benzene rings is 2. The summed E-state index contributed by atoms with van der Waals surface area (Å²) in [5.74, 6) is -0.260. The zero-order chi connectivity index (χ0) is 16.8. The number of ether oxygens (including phenoxy) is 1. The summed E-state index contributed by atoms with van der Waals surface area (Å²) in [5.41, 5.74) is 7.83. The fraction of sp³-hybridized carbons (Fsp3) is 0. The normalized spacial score (nSPS) is 10.5. The molecule has 0 spiro atoms. The Hall–Kier alpha value is -2.38. The van der Waals surface area contributed by atoms with E-state index >= 15 is 0 Å². The molecule has 8 heteroatoms. The van der Waals surface area contributed by atoms with E-state index in [2.05, 4.69) is 26.5 Å². The van der Waals surface area contributed by atoms with Crippen molar-refractivity contribution >= 4 is 45.7 Å². The minimum atomic E-state index is -0.795. The third-order valence-electron chi connectivity index (χ3n) is 2.63. The standard InChI is InChI=1S/C15H11BrClN3O3/c16-11-3-6-13(10(7-11)8-19-20-15(18)22)23-14(21)9-1-4-12(17)5-2-9/h1-8H,(H3,18,20,22)/b19-8+. The van der Waals surface area contributed by atoms with Crippen molar-refractivity contribution in [2.75, 3.05) is 0 Å². The number of primary amides is 1. The molecule has 3 N–H and O–H groups in total. The smallest absolute Gasteiger partial charge is 0.343 e. The van der Waals surface area contributed by atoms with Crippen LogP contribution in [0.2, 0.25) is 5.02 Å². The third kappa shape index (κ3) is 5.08. The van der Waals surface area contributed by atoms with Crippen molar-refractivity contribution in [1.29, 1.82) is 0 Å². The molecular weight excluding hydrogens is 386 g/mol. The first kappa shape index (κ1) is 17.0. The second-order valence-electron chi connectivity index (χ2n) is 4.31. The number of hydrazone groups is 1. The van der Waals surface area contributed by atoms with Crippen LogP contribution in [-0.2, 0) is 0 Å². The maximum atomic E-state index is 12.1. The van der Waals surface area contributed by atoms with Crippen molar-refractivity contribution in [3.05, 3.63) is 63.1 Å². The van der Waals surface area contributed by atoms with E-state index in [0.29, 0.717) is 16.1 Å². The molecule has 23 heavy (non-hydrogen) atoms. The molecule has 0 bridgehead atoms. The number of hydrogen-bond donors (Lipinski definition) is 2. The Morgan fingerprint density at radius 1 is 1.22 bits per heavy atom. The van der Waals surface area contributed by atoms with Gasteiger partial charge in [0.2, 0.25) is 0 Å². The van der Waals surface area contributed by atoms with Gasteiger partial charge >= 0.3 is 12.0 Å². The molecule has 2 rings (SSSR count). The maximum absolute atomic E-state index is 12.1. The lowest BCUT2D eigenvalue weighted by atomic mass is 10.2. The van der Waals surface area contributed by atoms with Gasteiger partial charge in [0.1, 0.15) is 5.75 Å². The molecule has 0 aliphatic carbocycles. The van der Waals surface area contributed by atoms with E-state index in [1.165, 1.54) is 6.21 Å². The molecule has 118 valence electrons. The number of esters is 1. The van der Waals surface area contributed by atoms with Crippen LogP contribution >= 0.6 is 27.5 Å². The molecule has 0 aromatic heterocycles. The highest BCUT2D eigenvalue weighted by molar-refractivity contribution is 9.10. The molecule has 0 saturated heterocycles. The van der Waals surface area contributed by atoms with Crippen molar-refractivity contribution < 1.29 is 14.3 Å². The number of nitrogens with one attached hydrogen (secondary N) is 1. The van der Waals surface area contributed by atoms with E-state index in [9.17, 15) is 9.59 Å². The number of halogens is 2. The zero-order valence-corrected chi connectivity index (χ0v) is 14.0. The molecule has 0 heterocycles. The van der Waals surface area contributed by atoms with Gasteiger partial charge in [-0.3, -0.25) is 0 Å². The third-order valence-corrected chi connectivity index (χ3v) is 3.38. The van der Waals surface area contributed by atoms with Gasteiger partial charge in [0.15, 0.2) is 0 Å². The summed E-state index contributed by atoms with van der Waals surface area (Å²) in [6.45, 7) is 0. The maximum Gasteiger partial charge on any atom is 0.343 e. The number of carbonyl (C=O) groups excluding carboxylic acids is 2. The number of urea groups is 1. The van der Waals surface area contributed by atoms with Gasteiger partial charge in [-0.15, -0.1) is 0 Å². The molecule has 0 saturated carbocycles. The summed E-state index contributed by atoms with van der Waals surface area (Å²) in [5, 5.41) is 4.18. The second kappa shape index (κ2) is 7.75. The van der Waals surface area contributed by atoms with E-state index < -0.39 is 12.0 Å². The monoisotopic (exact) mass is 395 g/mol. The first-order chi connectivity index (χ1) is 11.0. The molecule has 0 atom stereocenters. The molecule has 0 aliphatic heterocycles. The van der Waals surface area contributed by atoms with Gasteiger partial charge in [0.05, 0.1) is 11.8 Å². The highest BCUT2D eigenvalue weighted by Gasteiger charge is 2.11. The van der Waals surface area contributed by atoms with Gasteiger partial charge in [-0.05, 0) is 42.5 Å². The molecule has 0 unspecified atom stereocenters. The first-order valence-electron chi connectivity index (χ1n) is 6.31. The van der Waals surface area contributed by atoms with E-state index in [0.717, 1.165) is 4.47 Å². The van der Waals surface area contributed by atoms with Gasteiger partial charge in [-0.25, -0.2) is 15.0 Å². The topological polar surface area (TPSA) is 93.8 Å². The fourth-order valence-corrected chi connectivity index (χ4v) is 2.13. The number of hydrogen-bond acceptors (Lipinski definition) is 4. The average Bonchev–Trinajstić information content (AvgIpc) is 2.50. The van der Waals surface area contributed by atoms with Crippen LogP contribution in [0.25, 0.3) is 0 Å². The van der Waals surface area contributed by atoms with Crippen LogP contribution in [0, 0.1) is 0 Å². The zero-order valence-electron chi connectivity index (χ0n) is 11.6. The lowest BCUT2D eigenvalue weighted by Crippen LogP contribution is -2.24. The van der Waals surface area contributed by atoms with E-state index in [-0.39, 0.29) is 5.75 Å². The lowest BCUT2D eigenvalue weighted by molar-refractivity contribution is 0.0734. The SMILES string of the molecule is NC(=O)N/N=C/c1cc(Br)ccc1OC(=O)c1ccc(Cl)cc1. The summed E-state index contributed by atoms with van der Waals surface area (Å²) in [6.07, 6.45) is 1.32. The number of rotatable bonds is 4. The molecule has 2 amide bonds. The Kier molecular flexibility index (Phi) is 5.72.